The largest absolute Gasteiger partial charge is 0.349 e. The zero-order valence-electron chi connectivity index (χ0n) is 21.7. The number of hydrogen-bond donors (Lipinski definition) is 0. The van der Waals surface area contributed by atoms with Crippen molar-refractivity contribution in [2.24, 2.45) is 0 Å². The highest BCUT2D eigenvalue weighted by Gasteiger charge is 2.31. The molecule has 176 valence electrons. The van der Waals surface area contributed by atoms with Gasteiger partial charge in [0, 0.05) is 23.8 Å². The highest BCUT2D eigenvalue weighted by molar-refractivity contribution is 5.85. The van der Waals surface area contributed by atoms with Gasteiger partial charge < -0.3 is 4.90 Å². The van der Waals surface area contributed by atoms with E-state index >= 15 is 0 Å². The normalized spacial score (nSPS) is 15.7. The molecule has 0 amide bonds. The predicted octanol–water partition coefficient (Wildman–Crippen LogP) is 6.98. The topological polar surface area (TPSA) is 33.4 Å². The van der Waals surface area contributed by atoms with Crippen LogP contribution in [-0.4, -0.2) is 20.6 Å². The molecule has 1 unspecified atom stereocenters. The van der Waals surface area contributed by atoms with Crippen molar-refractivity contribution < 1.29 is 0 Å². The van der Waals surface area contributed by atoms with Crippen LogP contribution >= 0.6 is 0 Å². The van der Waals surface area contributed by atoms with Crippen LogP contribution in [0.3, 0.4) is 0 Å². The number of nitrogens with zero attached hydrogens (tertiary/aromatic N) is 4. The third-order valence-corrected chi connectivity index (χ3v) is 7.66. The van der Waals surface area contributed by atoms with Gasteiger partial charge in [0.25, 0.3) is 0 Å². The van der Waals surface area contributed by atoms with E-state index in [1.165, 1.54) is 50.3 Å². The van der Waals surface area contributed by atoms with E-state index in [0.29, 0.717) is 6.04 Å². The monoisotopic (exact) mass is 452 g/mol. The van der Waals surface area contributed by atoms with Crippen molar-refractivity contribution in [1.29, 1.82) is 0 Å². The number of anilines is 1. The maximum Gasteiger partial charge on any atom is 0.165 e. The van der Waals surface area contributed by atoms with Crippen LogP contribution in [0.15, 0.2) is 36.4 Å². The molecule has 0 radical (unpaired) electrons. The standard InChI is InChI=1S/C30H36N4/c1-8-25-13-14-26-22(6)31-29-28(27-20(4)15-18(2)16-21(27)5)23(7)32-34(29)30(26)33(25)17-24-12-10-9-11-19(24)3/h9-12,15-16,25H,8,13-14,17H2,1-7H3. The Balaban J connectivity index is 1.77. The average molecular weight is 453 g/mol. The molecule has 0 N–H and O–H groups in total. The van der Waals surface area contributed by atoms with Gasteiger partial charge in [-0.3, -0.25) is 0 Å². The van der Waals surface area contributed by atoms with Gasteiger partial charge in [0.15, 0.2) is 5.65 Å². The lowest BCUT2D eigenvalue weighted by molar-refractivity contribution is 0.495. The second-order valence-electron chi connectivity index (χ2n) is 10.1. The second kappa shape index (κ2) is 8.57. The number of hydrogen-bond acceptors (Lipinski definition) is 3. The molecule has 5 rings (SSSR count). The number of benzene rings is 2. The van der Waals surface area contributed by atoms with E-state index in [9.17, 15) is 0 Å². The molecular formula is C30H36N4. The Morgan fingerprint density at radius 2 is 1.59 bits per heavy atom. The highest BCUT2D eigenvalue weighted by Crippen LogP contribution is 2.40. The lowest BCUT2D eigenvalue weighted by atomic mass is 9.93. The molecule has 0 saturated carbocycles. The third-order valence-electron chi connectivity index (χ3n) is 7.66. The molecule has 0 spiro atoms. The molecule has 34 heavy (non-hydrogen) atoms. The zero-order chi connectivity index (χ0) is 24.1. The lowest BCUT2D eigenvalue weighted by Crippen LogP contribution is -2.40. The summed E-state index contributed by atoms with van der Waals surface area (Å²) in [7, 11) is 0. The molecule has 4 heteroatoms. The van der Waals surface area contributed by atoms with E-state index in [0.717, 1.165) is 42.8 Å². The molecule has 4 nitrogen and oxygen atoms in total. The number of fused-ring (bicyclic) bond motifs is 3. The summed E-state index contributed by atoms with van der Waals surface area (Å²) in [4.78, 5) is 7.78. The number of rotatable bonds is 4. The first-order valence-electron chi connectivity index (χ1n) is 12.6. The van der Waals surface area contributed by atoms with Gasteiger partial charge in [-0.15, -0.1) is 0 Å². The first kappa shape index (κ1) is 22.6. The van der Waals surface area contributed by atoms with Crippen LogP contribution in [0.1, 0.15) is 64.5 Å². The molecule has 2 aromatic carbocycles. The van der Waals surface area contributed by atoms with Crippen molar-refractivity contribution in [3.63, 3.8) is 0 Å². The summed E-state index contributed by atoms with van der Waals surface area (Å²) < 4.78 is 2.16. The van der Waals surface area contributed by atoms with Crippen LogP contribution in [-0.2, 0) is 13.0 Å². The summed E-state index contributed by atoms with van der Waals surface area (Å²) in [6.07, 6.45) is 3.34. The van der Waals surface area contributed by atoms with Crippen molar-refractivity contribution in [2.45, 2.75) is 80.3 Å². The average Bonchev–Trinajstić information content (AvgIpc) is 3.10. The minimum absolute atomic E-state index is 0.493. The van der Waals surface area contributed by atoms with Crippen LogP contribution in [0.5, 0.6) is 0 Å². The summed E-state index contributed by atoms with van der Waals surface area (Å²) in [5.74, 6) is 1.24. The van der Waals surface area contributed by atoms with E-state index in [4.69, 9.17) is 10.1 Å². The molecule has 1 atom stereocenters. The van der Waals surface area contributed by atoms with Gasteiger partial charge in [-0.1, -0.05) is 48.9 Å². The molecule has 3 heterocycles. The van der Waals surface area contributed by atoms with Crippen LogP contribution in [0.25, 0.3) is 16.8 Å². The molecule has 0 bridgehead atoms. The second-order valence-corrected chi connectivity index (χ2v) is 10.1. The molecule has 4 aromatic rings. The maximum atomic E-state index is 5.17. The molecule has 2 aromatic heterocycles. The Kier molecular flexibility index (Phi) is 5.71. The minimum Gasteiger partial charge on any atom is -0.349 e. The summed E-state index contributed by atoms with van der Waals surface area (Å²) in [5.41, 5.74) is 13.6. The zero-order valence-corrected chi connectivity index (χ0v) is 21.7. The van der Waals surface area contributed by atoms with Gasteiger partial charge in [0.2, 0.25) is 0 Å². The summed E-state index contributed by atoms with van der Waals surface area (Å²) in [5, 5.41) is 5.14. The summed E-state index contributed by atoms with van der Waals surface area (Å²) in [6, 6.07) is 13.8. The quantitative estimate of drug-likeness (QED) is 0.335. The summed E-state index contributed by atoms with van der Waals surface area (Å²) in [6.45, 7) is 16.3. The van der Waals surface area contributed by atoms with E-state index in [1.54, 1.807) is 0 Å². The predicted molar refractivity (Wildman–Crippen MR) is 142 cm³/mol. The molecule has 1 aliphatic heterocycles. The highest BCUT2D eigenvalue weighted by atomic mass is 15.4. The Bertz CT molecular complexity index is 1370. The fraction of sp³-hybridized carbons (Fsp3) is 0.400. The van der Waals surface area contributed by atoms with Gasteiger partial charge in [-0.2, -0.15) is 9.61 Å². The van der Waals surface area contributed by atoms with Gasteiger partial charge in [-0.25, -0.2) is 4.98 Å². The molecule has 1 aliphatic rings. The SMILES string of the molecule is CCC1CCc2c(C)nc3c(-c4c(C)cc(C)cc4C)c(C)nn3c2N1Cc1ccccc1C. The Hall–Kier alpha value is -3.14. The Labute approximate surface area is 203 Å². The van der Waals surface area contributed by atoms with Crippen LogP contribution < -0.4 is 4.90 Å². The van der Waals surface area contributed by atoms with Gasteiger partial charge >= 0.3 is 0 Å². The van der Waals surface area contributed by atoms with Crippen molar-refractivity contribution in [2.75, 3.05) is 4.90 Å². The van der Waals surface area contributed by atoms with Gasteiger partial charge in [0.05, 0.1) is 11.3 Å². The van der Waals surface area contributed by atoms with Crippen LogP contribution in [0.2, 0.25) is 0 Å². The van der Waals surface area contributed by atoms with E-state index in [2.05, 4.69) is 94.3 Å². The van der Waals surface area contributed by atoms with Gasteiger partial charge in [-0.05, 0) is 88.6 Å². The fourth-order valence-corrected chi connectivity index (χ4v) is 5.98. The van der Waals surface area contributed by atoms with Gasteiger partial charge in [0.1, 0.15) is 5.82 Å². The van der Waals surface area contributed by atoms with Crippen molar-refractivity contribution in [3.05, 3.63) is 81.2 Å². The minimum atomic E-state index is 0.493. The third kappa shape index (κ3) is 3.60. The maximum absolute atomic E-state index is 5.17. The smallest absolute Gasteiger partial charge is 0.165 e. The first-order valence-corrected chi connectivity index (χ1v) is 12.6. The van der Waals surface area contributed by atoms with Crippen molar-refractivity contribution >= 4 is 11.5 Å². The number of aromatic nitrogens is 3. The van der Waals surface area contributed by atoms with Crippen molar-refractivity contribution in [3.8, 4) is 11.1 Å². The van der Waals surface area contributed by atoms with E-state index < -0.39 is 0 Å². The van der Waals surface area contributed by atoms with E-state index in [1.807, 2.05) is 0 Å². The Morgan fingerprint density at radius 1 is 0.882 bits per heavy atom. The van der Waals surface area contributed by atoms with Crippen LogP contribution in [0.4, 0.5) is 5.82 Å². The molecular weight excluding hydrogens is 416 g/mol. The van der Waals surface area contributed by atoms with Crippen molar-refractivity contribution in [1.82, 2.24) is 14.6 Å². The molecule has 0 aliphatic carbocycles. The fourth-order valence-electron chi connectivity index (χ4n) is 5.98. The lowest BCUT2D eigenvalue weighted by Gasteiger charge is -2.39. The Morgan fingerprint density at radius 3 is 2.26 bits per heavy atom. The molecule has 0 saturated heterocycles. The number of aryl methyl sites for hydroxylation is 6. The first-order chi connectivity index (χ1) is 16.3. The molecule has 0 fully saturated rings. The van der Waals surface area contributed by atoms with E-state index in [-0.39, 0.29) is 0 Å². The summed E-state index contributed by atoms with van der Waals surface area (Å²) >= 11 is 0. The van der Waals surface area contributed by atoms with Crippen LogP contribution in [0, 0.1) is 41.5 Å².